The Bertz CT molecular complexity index is 349. The van der Waals surface area contributed by atoms with E-state index in [1.54, 1.807) is 0 Å². The molecule has 0 heterocycles. The average Bonchev–Trinajstić information content (AvgIpc) is 2.36. The van der Waals surface area contributed by atoms with Crippen molar-refractivity contribution in [3.63, 3.8) is 0 Å². The minimum Gasteiger partial charge on any atom is -0.361 e. The quantitative estimate of drug-likeness (QED) is 0.596. The summed E-state index contributed by atoms with van der Waals surface area (Å²) < 4.78 is 5.29. The highest BCUT2D eigenvalue weighted by atomic mass is 16.5. The smallest absolute Gasteiger partial charge is 0.229 e. The Morgan fingerprint density at radius 3 is 2.50 bits per heavy atom. The summed E-state index contributed by atoms with van der Waals surface area (Å²) in [6.45, 7) is 7.14. The molecule has 0 bridgehead atoms. The SMILES string of the molecule is CCCOCNC(=O)C(c1ccccc1)C(C)C. The zero-order chi connectivity index (χ0) is 13.4. The van der Waals surface area contributed by atoms with E-state index < -0.39 is 0 Å². The van der Waals surface area contributed by atoms with Crippen LogP contribution in [0.3, 0.4) is 0 Å². The van der Waals surface area contributed by atoms with Crippen LogP contribution < -0.4 is 5.32 Å². The van der Waals surface area contributed by atoms with Gasteiger partial charge < -0.3 is 10.1 Å². The molecule has 1 atom stereocenters. The van der Waals surface area contributed by atoms with Gasteiger partial charge in [-0.25, -0.2) is 0 Å². The van der Waals surface area contributed by atoms with Crippen LogP contribution in [0.4, 0.5) is 0 Å². The van der Waals surface area contributed by atoms with E-state index in [-0.39, 0.29) is 17.7 Å². The summed E-state index contributed by atoms with van der Waals surface area (Å²) in [5.41, 5.74) is 1.06. The predicted molar refractivity (Wildman–Crippen MR) is 73.3 cm³/mol. The molecule has 1 rings (SSSR count). The highest BCUT2D eigenvalue weighted by molar-refractivity contribution is 5.83. The Balaban J connectivity index is 2.60. The first-order valence-electron chi connectivity index (χ1n) is 6.57. The molecular formula is C15H23NO2. The van der Waals surface area contributed by atoms with Gasteiger partial charge in [0.1, 0.15) is 6.73 Å². The number of amides is 1. The molecule has 0 fully saturated rings. The van der Waals surface area contributed by atoms with Gasteiger partial charge in [0, 0.05) is 6.61 Å². The molecule has 0 saturated carbocycles. The molecule has 0 radical (unpaired) electrons. The lowest BCUT2D eigenvalue weighted by atomic mass is 9.88. The van der Waals surface area contributed by atoms with E-state index >= 15 is 0 Å². The van der Waals surface area contributed by atoms with Crippen LogP contribution in [0.15, 0.2) is 30.3 Å². The van der Waals surface area contributed by atoms with E-state index in [2.05, 4.69) is 19.2 Å². The summed E-state index contributed by atoms with van der Waals surface area (Å²) >= 11 is 0. The normalized spacial score (nSPS) is 12.4. The minimum atomic E-state index is -0.114. The number of hydrogen-bond donors (Lipinski definition) is 1. The fourth-order valence-electron chi connectivity index (χ4n) is 1.95. The molecule has 1 amide bonds. The zero-order valence-corrected chi connectivity index (χ0v) is 11.5. The van der Waals surface area contributed by atoms with Crippen molar-refractivity contribution in [3.05, 3.63) is 35.9 Å². The van der Waals surface area contributed by atoms with Crippen molar-refractivity contribution in [2.24, 2.45) is 5.92 Å². The summed E-state index contributed by atoms with van der Waals surface area (Å²) in [6, 6.07) is 9.88. The summed E-state index contributed by atoms with van der Waals surface area (Å²) in [4.78, 5) is 12.2. The van der Waals surface area contributed by atoms with Crippen LogP contribution in [-0.2, 0) is 9.53 Å². The van der Waals surface area contributed by atoms with E-state index in [1.807, 2.05) is 37.3 Å². The Morgan fingerprint density at radius 1 is 1.28 bits per heavy atom. The number of carbonyl (C=O) groups excluding carboxylic acids is 1. The standard InChI is InChI=1S/C15H23NO2/c1-4-10-18-11-16-15(17)14(12(2)3)13-8-6-5-7-9-13/h5-9,12,14H,4,10-11H2,1-3H3,(H,16,17). The molecule has 18 heavy (non-hydrogen) atoms. The number of benzene rings is 1. The number of hydrogen-bond acceptors (Lipinski definition) is 2. The number of carbonyl (C=O) groups is 1. The van der Waals surface area contributed by atoms with Gasteiger partial charge in [-0.1, -0.05) is 51.1 Å². The molecule has 1 aromatic carbocycles. The Kier molecular flexibility index (Phi) is 6.44. The maximum atomic E-state index is 12.2. The molecule has 0 saturated heterocycles. The van der Waals surface area contributed by atoms with E-state index in [0.29, 0.717) is 13.3 Å². The Hall–Kier alpha value is -1.35. The van der Waals surface area contributed by atoms with Crippen LogP contribution in [-0.4, -0.2) is 19.2 Å². The highest BCUT2D eigenvalue weighted by Gasteiger charge is 2.23. The number of ether oxygens (including phenoxy) is 1. The molecule has 0 aliphatic heterocycles. The van der Waals surface area contributed by atoms with Gasteiger partial charge in [0.05, 0.1) is 5.92 Å². The maximum Gasteiger partial charge on any atom is 0.229 e. The Morgan fingerprint density at radius 2 is 1.94 bits per heavy atom. The van der Waals surface area contributed by atoms with Crippen LogP contribution >= 0.6 is 0 Å². The van der Waals surface area contributed by atoms with E-state index in [1.165, 1.54) is 0 Å². The van der Waals surface area contributed by atoms with E-state index in [9.17, 15) is 4.79 Å². The van der Waals surface area contributed by atoms with Gasteiger partial charge in [-0.3, -0.25) is 4.79 Å². The minimum absolute atomic E-state index is 0.0345. The molecule has 1 N–H and O–H groups in total. The second-order valence-electron chi connectivity index (χ2n) is 4.73. The van der Waals surface area contributed by atoms with Gasteiger partial charge in [0.15, 0.2) is 0 Å². The van der Waals surface area contributed by atoms with Crippen LogP contribution in [0, 0.1) is 5.92 Å². The third-order valence-electron chi connectivity index (χ3n) is 2.80. The molecule has 0 aromatic heterocycles. The van der Waals surface area contributed by atoms with Crippen LogP contribution in [0.25, 0.3) is 0 Å². The highest BCUT2D eigenvalue weighted by Crippen LogP contribution is 2.24. The Labute approximate surface area is 110 Å². The van der Waals surface area contributed by atoms with Gasteiger partial charge in [-0.15, -0.1) is 0 Å². The molecule has 3 heteroatoms. The van der Waals surface area contributed by atoms with Gasteiger partial charge in [0.25, 0.3) is 0 Å². The fourth-order valence-corrected chi connectivity index (χ4v) is 1.95. The molecule has 1 aromatic rings. The molecule has 3 nitrogen and oxygen atoms in total. The largest absolute Gasteiger partial charge is 0.361 e. The van der Waals surface area contributed by atoms with Crippen molar-refractivity contribution in [1.82, 2.24) is 5.32 Å². The first-order chi connectivity index (χ1) is 8.66. The topological polar surface area (TPSA) is 38.3 Å². The van der Waals surface area contributed by atoms with Crippen LogP contribution in [0.5, 0.6) is 0 Å². The van der Waals surface area contributed by atoms with Gasteiger partial charge >= 0.3 is 0 Å². The van der Waals surface area contributed by atoms with Crippen molar-refractivity contribution < 1.29 is 9.53 Å². The second-order valence-corrected chi connectivity index (χ2v) is 4.73. The first-order valence-corrected chi connectivity index (χ1v) is 6.57. The molecule has 0 aliphatic carbocycles. The lowest BCUT2D eigenvalue weighted by Gasteiger charge is -2.20. The van der Waals surface area contributed by atoms with Crippen LogP contribution in [0.2, 0.25) is 0 Å². The van der Waals surface area contributed by atoms with Gasteiger partial charge in [0.2, 0.25) is 5.91 Å². The fraction of sp³-hybridized carbons (Fsp3) is 0.533. The van der Waals surface area contributed by atoms with Gasteiger partial charge in [-0.05, 0) is 17.9 Å². The van der Waals surface area contributed by atoms with Crippen molar-refractivity contribution in [2.75, 3.05) is 13.3 Å². The van der Waals surface area contributed by atoms with Crippen molar-refractivity contribution in [3.8, 4) is 0 Å². The second kappa shape index (κ2) is 7.88. The van der Waals surface area contributed by atoms with E-state index in [0.717, 1.165) is 12.0 Å². The average molecular weight is 249 g/mol. The predicted octanol–water partition coefficient (Wildman–Crippen LogP) is 2.93. The van der Waals surface area contributed by atoms with Crippen molar-refractivity contribution >= 4 is 5.91 Å². The van der Waals surface area contributed by atoms with Crippen LogP contribution in [0.1, 0.15) is 38.7 Å². The van der Waals surface area contributed by atoms with Gasteiger partial charge in [-0.2, -0.15) is 0 Å². The summed E-state index contributed by atoms with van der Waals surface area (Å²) in [6.07, 6.45) is 0.960. The first kappa shape index (κ1) is 14.7. The summed E-state index contributed by atoms with van der Waals surface area (Å²) in [7, 11) is 0. The molecule has 0 aliphatic rings. The summed E-state index contributed by atoms with van der Waals surface area (Å²) in [5.74, 6) is 0.183. The third kappa shape index (κ3) is 4.49. The zero-order valence-electron chi connectivity index (χ0n) is 11.5. The van der Waals surface area contributed by atoms with E-state index in [4.69, 9.17) is 4.74 Å². The van der Waals surface area contributed by atoms with Crippen molar-refractivity contribution in [2.45, 2.75) is 33.1 Å². The third-order valence-corrected chi connectivity index (χ3v) is 2.80. The van der Waals surface area contributed by atoms with Crippen molar-refractivity contribution in [1.29, 1.82) is 0 Å². The summed E-state index contributed by atoms with van der Waals surface area (Å²) in [5, 5.41) is 2.84. The monoisotopic (exact) mass is 249 g/mol. The molecule has 1 unspecified atom stereocenters. The lowest BCUT2D eigenvalue weighted by Crippen LogP contribution is -2.33. The maximum absolute atomic E-state index is 12.2. The lowest BCUT2D eigenvalue weighted by molar-refractivity contribution is -0.125. The number of nitrogens with one attached hydrogen (secondary N) is 1. The molecule has 0 spiro atoms. The molecular weight excluding hydrogens is 226 g/mol. The number of rotatable bonds is 7. The molecule has 100 valence electrons.